The van der Waals surface area contributed by atoms with Crippen molar-refractivity contribution in [3.8, 4) is 0 Å². The minimum absolute atomic E-state index is 0.0628. The van der Waals surface area contributed by atoms with Crippen molar-refractivity contribution < 1.29 is 9.59 Å². The van der Waals surface area contributed by atoms with Gasteiger partial charge in [-0.1, -0.05) is 6.07 Å². The molecule has 0 spiro atoms. The first-order valence-corrected chi connectivity index (χ1v) is 7.37. The van der Waals surface area contributed by atoms with Crippen LogP contribution in [0.15, 0.2) is 24.3 Å². The molecule has 1 fully saturated rings. The quantitative estimate of drug-likeness (QED) is 0.929. The van der Waals surface area contributed by atoms with E-state index in [2.05, 4.69) is 12.1 Å². The van der Waals surface area contributed by atoms with Gasteiger partial charge in [-0.25, -0.2) is 0 Å². The van der Waals surface area contributed by atoms with E-state index < -0.39 is 0 Å². The van der Waals surface area contributed by atoms with Crippen LogP contribution in [0.5, 0.6) is 0 Å². The summed E-state index contributed by atoms with van der Waals surface area (Å²) >= 11 is 0. The summed E-state index contributed by atoms with van der Waals surface area (Å²) in [5, 5.41) is 0.977. The fourth-order valence-corrected chi connectivity index (χ4v) is 3.13. The van der Waals surface area contributed by atoms with Crippen LogP contribution in [0, 0.1) is 0 Å². The van der Waals surface area contributed by atoms with Gasteiger partial charge in [0, 0.05) is 18.5 Å². The van der Waals surface area contributed by atoms with Crippen LogP contribution in [0.3, 0.4) is 0 Å². The van der Waals surface area contributed by atoms with E-state index in [0.29, 0.717) is 24.7 Å². The maximum absolute atomic E-state index is 12.5. The standard InChI is InChI=1S/C16H17N3O2/c17-5-6-18-9-15(20)19-13-4-3-11(10-1-2-10)7-12(13)8-14(19)16(18)21/h3-4,7-8,10H,1-2,5-6,9,17H2. The van der Waals surface area contributed by atoms with Gasteiger partial charge in [0.2, 0.25) is 0 Å². The van der Waals surface area contributed by atoms with Gasteiger partial charge in [0.1, 0.15) is 12.2 Å². The van der Waals surface area contributed by atoms with Gasteiger partial charge >= 0.3 is 0 Å². The minimum Gasteiger partial charge on any atom is -0.329 e. The third-order valence-electron chi connectivity index (χ3n) is 4.36. The number of carbonyl (C=O) groups is 2. The fourth-order valence-electron chi connectivity index (χ4n) is 3.13. The highest BCUT2D eigenvalue weighted by Gasteiger charge is 2.31. The second-order valence-corrected chi connectivity index (χ2v) is 5.87. The van der Waals surface area contributed by atoms with Gasteiger partial charge in [0.05, 0.1) is 5.52 Å². The Morgan fingerprint density at radius 3 is 2.71 bits per heavy atom. The summed E-state index contributed by atoms with van der Waals surface area (Å²) in [5.74, 6) is 0.489. The first kappa shape index (κ1) is 12.6. The summed E-state index contributed by atoms with van der Waals surface area (Å²) in [6, 6.07) is 8.00. The first-order valence-electron chi connectivity index (χ1n) is 7.37. The van der Waals surface area contributed by atoms with Crippen LogP contribution < -0.4 is 5.73 Å². The van der Waals surface area contributed by atoms with Crippen LogP contribution in [0.1, 0.15) is 39.6 Å². The lowest BCUT2D eigenvalue weighted by Gasteiger charge is -2.26. The number of nitrogens with zero attached hydrogens (tertiary/aromatic N) is 2. The Labute approximate surface area is 122 Å². The highest BCUT2D eigenvalue weighted by atomic mass is 16.2. The van der Waals surface area contributed by atoms with E-state index in [-0.39, 0.29) is 18.4 Å². The first-order chi connectivity index (χ1) is 10.2. The van der Waals surface area contributed by atoms with Crippen molar-refractivity contribution >= 4 is 22.7 Å². The van der Waals surface area contributed by atoms with Crippen molar-refractivity contribution in [2.45, 2.75) is 18.8 Å². The summed E-state index contributed by atoms with van der Waals surface area (Å²) in [4.78, 5) is 26.3. The van der Waals surface area contributed by atoms with E-state index >= 15 is 0 Å². The van der Waals surface area contributed by atoms with Crippen LogP contribution in [0.25, 0.3) is 10.9 Å². The summed E-state index contributed by atoms with van der Waals surface area (Å²) in [5.41, 5.74) is 8.11. The second-order valence-electron chi connectivity index (χ2n) is 5.87. The molecule has 2 aliphatic rings. The molecule has 21 heavy (non-hydrogen) atoms. The fraction of sp³-hybridized carbons (Fsp3) is 0.375. The van der Waals surface area contributed by atoms with E-state index in [9.17, 15) is 9.59 Å². The lowest BCUT2D eigenvalue weighted by atomic mass is 10.1. The van der Waals surface area contributed by atoms with E-state index in [0.717, 1.165) is 10.9 Å². The maximum atomic E-state index is 12.5. The third-order valence-corrected chi connectivity index (χ3v) is 4.36. The van der Waals surface area contributed by atoms with Crippen LogP contribution in [-0.2, 0) is 0 Å². The van der Waals surface area contributed by atoms with E-state index in [4.69, 9.17) is 5.73 Å². The molecule has 108 valence electrons. The zero-order chi connectivity index (χ0) is 14.6. The summed E-state index contributed by atoms with van der Waals surface area (Å²) in [6.45, 7) is 0.891. The van der Waals surface area contributed by atoms with Gasteiger partial charge in [-0.05, 0) is 42.5 Å². The lowest BCUT2D eigenvalue weighted by molar-refractivity contribution is 0.0628. The van der Waals surface area contributed by atoms with Crippen LogP contribution in [-0.4, -0.2) is 40.9 Å². The van der Waals surface area contributed by atoms with Gasteiger partial charge in [-0.2, -0.15) is 0 Å². The van der Waals surface area contributed by atoms with Crippen molar-refractivity contribution in [2.75, 3.05) is 19.6 Å². The molecular formula is C16H17N3O2. The Bertz CT molecular complexity index is 758. The number of amides is 1. The number of rotatable bonds is 3. The topological polar surface area (TPSA) is 68.3 Å². The van der Waals surface area contributed by atoms with Crippen LogP contribution in [0.2, 0.25) is 0 Å². The molecule has 5 nitrogen and oxygen atoms in total. The van der Waals surface area contributed by atoms with E-state index in [1.165, 1.54) is 23.3 Å². The van der Waals surface area contributed by atoms with Gasteiger partial charge in [0.25, 0.3) is 11.8 Å². The number of hydrogen-bond acceptors (Lipinski definition) is 3. The normalized spacial score (nSPS) is 18.4. The molecule has 0 bridgehead atoms. The molecule has 1 saturated carbocycles. The lowest BCUT2D eigenvalue weighted by Crippen LogP contribution is -2.46. The monoisotopic (exact) mass is 283 g/mol. The number of hydrogen-bond donors (Lipinski definition) is 1. The third kappa shape index (κ3) is 1.88. The number of aromatic nitrogens is 1. The zero-order valence-electron chi connectivity index (χ0n) is 11.7. The SMILES string of the molecule is NCCN1CC(=O)n2c(cc3cc(C4CC4)ccc32)C1=O. The molecule has 4 rings (SSSR count). The summed E-state index contributed by atoms with van der Waals surface area (Å²) < 4.78 is 1.56. The zero-order valence-corrected chi connectivity index (χ0v) is 11.7. The smallest absolute Gasteiger partial charge is 0.271 e. The van der Waals surface area contributed by atoms with Crippen molar-refractivity contribution in [1.29, 1.82) is 0 Å². The molecule has 0 unspecified atom stereocenters. The molecule has 0 saturated heterocycles. The van der Waals surface area contributed by atoms with E-state index in [1.807, 2.05) is 12.1 Å². The van der Waals surface area contributed by atoms with Crippen molar-refractivity contribution in [3.05, 3.63) is 35.5 Å². The summed E-state index contributed by atoms with van der Waals surface area (Å²) in [6.07, 6.45) is 2.47. The van der Waals surface area contributed by atoms with Crippen LogP contribution >= 0.6 is 0 Å². The largest absolute Gasteiger partial charge is 0.329 e. The predicted molar refractivity (Wildman–Crippen MR) is 79.5 cm³/mol. The van der Waals surface area contributed by atoms with Gasteiger partial charge in [0.15, 0.2) is 0 Å². The molecule has 1 aliphatic heterocycles. The second kappa shape index (κ2) is 4.43. The van der Waals surface area contributed by atoms with Crippen molar-refractivity contribution in [1.82, 2.24) is 9.47 Å². The Morgan fingerprint density at radius 2 is 2.00 bits per heavy atom. The number of nitrogens with two attached hydrogens (primary N) is 1. The van der Waals surface area contributed by atoms with Crippen molar-refractivity contribution in [3.63, 3.8) is 0 Å². The number of carbonyl (C=O) groups excluding carboxylic acids is 2. The maximum Gasteiger partial charge on any atom is 0.271 e. The molecule has 1 aromatic carbocycles. The minimum atomic E-state index is -0.107. The molecule has 1 aliphatic carbocycles. The molecule has 1 aromatic heterocycles. The molecule has 0 radical (unpaired) electrons. The number of fused-ring (bicyclic) bond motifs is 3. The Morgan fingerprint density at radius 1 is 1.19 bits per heavy atom. The van der Waals surface area contributed by atoms with Crippen LogP contribution in [0.4, 0.5) is 0 Å². The molecule has 5 heteroatoms. The average molecular weight is 283 g/mol. The Hall–Kier alpha value is -2.14. The molecule has 1 amide bonds. The molecular weight excluding hydrogens is 266 g/mol. The van der Waals surface area contributed by atoms with Crippen molar-refractivity contribution in [2.24, 2.45) is 5.73 Å². The predicted octanol–water partition coefficient (Wildman–Crippen LogP) is 1.57. The molecule has 2 heterocycles. The Balaban J connectivity index is 1.85. The van der Waals surface area contributed by atoms with Gasteiger partial charge in [-0.3, -0.25) is 14.2 Å². The molecule has 2 N–H and O–H groups in total. The average Bonchev–Trinajstić information content (AvgIpc) is 3.24. The molecule has 2 aromatic rings. The molecule has 0 atom stereocenters. The highest BCUT2D eigenvalue weighted by molar-refractivity contribution is 6.09. The van der Waals surface area contributed by atoms with E-state index in [1.54, 1.807) is 4.57 Å². The number of benzene rings is 1. The highest BCUT2D eigenvalue weighted by Crippen LogP contribution is 2.41. The van der Waals surface area contributed by atoms with Gasteiger partial charge in [-0.15, -0.1) is 0 Å². The van der Waals surface area contributed by atoms with Gasteiger partial charge < -0.3 is 10.6 Å². The Kier molecular flexibility index (Phi) is 2.65. The summed E-state index contributed by atoms with van der Waals surface area (Å²) in [7, 11) is 0.